The summed E-state index contributed by atoms with van der Waals surface area (Å²) in [5, 5.41) is 0. The van der Waals surface area contributed by atoms with Gasteiger partial charge in [0, 0.05) is 26.2 Å². The first kappa shape index (κ1) is 33.2. The molecule has 8 rings (SSSR count). The number of piperazine rings is 2. The highest BCUT2D eigenvalue weighted by Crippen LogP contribution is 2.41. The fraction of sp³-hybridized carbons (Fsp3) is 0.562. The molecule has 260 valence electrons. The van der Waals surface area contributed by atoms with E-state index in [1.165, 1.54) is 8.61 Å². The van der Waals surface area contributed by atoms with Crippen LogP contribution in [0.1, 0.15) is 49.7 Å². The number of hydrogen-bond acceptors (Lipinski definition) is 10. The van der Waals surface area contributed by atoms with E-state index in [9.17, 15) is 26.4 Å². The molecule has 2 aliphatic carbocycles. The summed E-state index contributed by atoms with van der Waals surface area (Å²) in [4.78, 5) is 28.4. The van der Waals surface area contributed by atoms with Crippen LogP contribution in [0.3, 0.4) is 0 Å². The second-order valence-corrected chi connectivity index (χ2v) is 15.9. The van der Waals surface area contributed by atoms with Gasteiger partial charge in [0.15, 0.2) is 0 Å². The smallest absolute Gasteiger partial charge is 0.410 e. The molecule has 4 saturated heterocycles. The lowest BCUT2D eigenvalue weighted by molar-refractivity contribution is 0.00510. The fourth-order valence-electron chi connectivity index (χ4n) is 7.93. The molecule has 0 aromatic heterocycles. The van der Waals surface area contributed by atoms with Crippen LogP contribution in [0.15, 0.2) is 60.7 Å². The van der Waals surface area contributed by atoms with E-state index in [0.717, 1.165) is 36.8 Å². The van der Waals surface area contributed by atoms with Crippen molar-refractivity contribution in [1.29, 1.82) is 0 Å². The Morgan fingerprint density at radius 2 is 1.00 bits per heavy atom. The summed E-state index contributed by atoms with van der Waals surface area (Å²) in [6, 6.07) is 18.1. The van der Waals surface area contributed by atoms with E-state index in [1.54, 1.807) is 9.80 Å². The number of carbonyl (C=O) groups excluding carboxylic acids is 2. The Labute approximate surface area is 281 Å². The average Bonchev–Trinajstić information content (AvgIpc) is 3.53. The highest BCUT2D eigenvalue weighted by Gasteiger charge is 2.57. The molecule has 6 fully saturated rings. The van der Waals surface area contributed by atoms with Crippen LogP contribution >= 0.6 is 0 Å². The quantitative estimate of drug-likeness (QED) is 0.465. The second kappa shape index (κ2) is 13.6. The van der Waals surface area contributed by atoms with Crippen LogP contribution in [0.4, 0.5) is 9.59 Å². The molecule has 2 aromatic rings. The van der Waals surface area contributed by atoms with E-state index in [0.29, 0.717) is 25.9 Å². The summed E-state index contributed by atoms with van der Waals surface area (Å²) in [5.74, 6) is 0. The zero-order chi connectivity index (χ0) is 33.5. The minimum absolute atomic E-state index is 0.168. The summed E-state index contributed by atoms with van der Waals surface area (Å²) >= 11 is 0. The highest BCUT2D eigenvalue weighted by molar-refractivity contribution is 7.84. The lowest BCUT2D eigenvalue weighted by atomic mass is 9.85. The van der Waals surface area contributed by atoms with Crippen molar-refractivity contribution in [3.05, 3.63) is 71.8 Å². The predicted octanol–water partition coefficient (Wildman–Crippen LogP) is 3.01. The van der Waals surface area contributed by atoms with Crippen LogP contribution in [0.2, 0.25) is 0 Å². The maximum Gasteiger partial charge on any atom is 0.410 e. The van der Waals surface area contributed by atoms with Crippen molar-refractivity contribution in [3.63, 3.8) is 0 Å². The van der Waals surface area contributed by atoms with E-state index in [-0.39, 0.29) is 74.9 Å². The Morgan fingerprint density at radius 3 is 1.40 bits per heavy atom. The van der Waals surface area contributed by atoms with Crippen molar-refractivity contribution in [3.8, 4) is 0 Å². The maximum absolute atomic E-state index is 12.5. The Hall–Kier alpha value is -3.28. The number of amides is 2. The van der Waals surface area contributed by atoms with Crippen LogP contribution in [0.25, 0.3) is 0 Å². The molecule has 2 aromatic carbocycles. The summed E-state index contributed by atoms with van der Waals surface area (Å²) in [6.07, 6.45) is 3.20. The second-order valence-electron chi connectivity index (χ2n) is 12.9. The molecule has 6 aliphatic rings. The summed E-state index contributed by atoms with van der Waals surface area (Å²) in [5.41, 5.74) is 1.86. The zero-order valence-corrected chi connectivity index (χ0v) is 28.0. The third kappa shape index (κ3) is 6.53. The number of hydrogen-bond donors (Lipinski definition) is 0. The lowest BCUT2D eigenvalue weighted by Crippen LogP contribution is -2.63. The number of carbonyl (C=O) groups is 2. The van der Waals surface area contributed by atoms with Crippen LogP contribution in [0, 0.1) is 0 Å². The monoisotopic (exact) mass is 704 g/mol. The minimum atomic E-state index is -3.65. The van der Waals surface area contributed by atoms with Gasteiger partial charge in [-0.05, 0) is 49.7 Å². The molecule has 2 saturated carbocycles. The van der Waals surface area contributed by atoms with Gasteiger partial charge in [0.1, 0.15) is 13.2 Å². The number of nitrogens with zero attached hydrogens (tertiary/aromatic N) is 4. The van der Waals surface area contributed by atoms with Gasteiger partial charge in [0.05, 0.1) is 36.4 Å². The number of rotatable bonds is 4. The molecule has 0 bridgehead atoms. The third-order valence-electron chi connectivity index (χ3n) is 10.1. The molecule has 0 radical (unpaired) electrons. The number of benzene rings is 2. The van der Waals surface area contributed by atoms with E-state index >= 15 is 0 Å². The van der Waals surface area contributed by atoms with Crippen LogP contribution in [-0.2, 0) is 51.7 Å². The Bertz CT molecular complexity index is 1570. The van der Waals surface area contributed by atoms with Crippen molar-refractivity contribution in [2.24, 2.45) is 0 Å². The topological polar surface area (TPSA) is 152 Å². The molecule has 4 heterocycles. The molecular formula is C32H40N4O10S2. The Kier molecular flexibility index (Phi) is 9.38. The van der Waals surface area contributed by atoms with Gasteiger partial charge in [-0.15, -0.1) is 0 Å². The van der Waals surface area contributed by atoms with Crippen molar-refractivity contribution >= 4 is 32.8 Å². The van der Waals surface area contributed by atoms with Gasteiger partial charge >= 0.3 is 32.8 Å². The van der Waals surface area contributed by atoms with Crippen LogP contribution < -0.4 is 0 Å². The molecule has 48 heavy (non-hydrogen) atoms. The third-order valence-corrected chi connectivity index (χ3v) is 13.0. The van der Waals surface area contributed by atoms with Crippen LogP contribution in [0.5, 0.6) is 0 Å². The van der Waals surface area contributed by atoms with Crippen molar-refractivity contribution < 1.29 is 44.3 Å². The Balaban J connectivity index is 0.000000152. The van der Waals surface area contributed by atoms with Gasteiger partial charge in [0.2, 0.25) is 0 Å². The first-order chi connectivity index (χ1) is 23.1. The normalized spacial score (nSPS) is 31.5. The summed E-state index contributed by atoms with van der Waals surface area (Å²) < 4.78 is 72.6. The maximum atomic E-state index is 12.5. The largest absolute Gasteiger partial charge is 0.445 e. The van der Waals surface area contributed by atoms with Gasteiger partial charge in [-0.2, -0.15) is 25.4 Å². The Morgan fingerprint density at radius 1 is 0.604 bits per heavy atom. The fourth-order valence-corrected chi connectivity index (χ4v) is 11.0. The highest BCUT2D eigenvalue weighted by atomic mass is 32.2. The van der Waals surface area contributed by atoms with Gasteiger partial charge in [-0.3, -0.25) is 8.37 Å². The standard InChI is InChI=1S/2C16H20N2O5S/c2*19-16(22-11-12-5-2-1-3-6-12)17-9-10-18-15-13(17)7-4-8-14(15)23-24(18,20)21/h2*1-3,5-6,13-15H,4,7-11H2/t2*13-,14+,15-/m10/s1. The molecular weight excluding hydrogens is 665 g/mol. The summed E-state index contributed by atoms with van der Waals surface area (Å²) in [7, 11) is -7.30. The van der Waals surface area contributed by atoms with Gasteiger partial charge in [0.25, 0.3) is 0 Å². The van der Waals surface area contributed by atoms with Crippen LogP contribution in [-0.4, -0.2) is 110 Å². The molecule has 2 amide bonds. The van der Waals surface area contributed by atoms with E-state index in [2.05, 4.69) is 0 Å². The van der Waals surface area contributed by atoms with Gasteiger partial charge in [-0.25, -0.2) is 9.59 Å². The van der Waals surface area contributed by atoms with Crippen molar-refractivity contribution in [1.82, 2.24) is 18.4 Å². The minimum Gasteiger partial charge on any atom is -0.445 e. The van der Waals surface area contributed by atoms with Crippen molar-refractivity contribution in [2.75, 3.05) is 26.2 Å². The summed E-state index contributed by atoms with van der Waals surface area (Å²) in [6.45, 7) is 1.64. The zero-order valence-electron chi connectivity index (χ0n) is 26.4. The van der Waals surface area contributed by atoms with Gasteiger partial charge < -0.3 is 19.3 Å². The molecule has 16 heteroatoms. The first-order valence-electron chi connectivity index (χ1n) is 16.5. The average molecular weight is 705 g/mol. The molecule has 4 aliphatic heterocycles. The molecule has 6 atom stereocenters. The molecule has 0 unspecified atom stereocenters. The SMILES string of the molecule is O=C(OCc1ccccc1)N1CCN2[C@@H]3[C@@H](CCC[C@@H]31)OS2(=O)=O.O=C(OCc1ccccc1)N1CCN2[C@H]3[C@H](CCC[C@H]31)OS2(=O)=O. The molecule has 0 N–H and O–H groups in total. The molecule has 0 spiro atoms. The van der Waals surface area contributed by atoms with Crippen molar-refractivity contribution in [2.45, 2.75) is 88.1 Å². The van der Waals surface area contributed by atoms with E-state index in [1.807, 2.05) is 60.7 Å². The predicted molar refractivity (Wildman–Crippen MR) is 171 cm³/mol. The van der Waals surface area contributed by atoms with Gasteiger partial charge in [-0.1, -0.05) is 60.7 Å². The number of ether oxygens (including phenoxy) is 2. The van der Waals surface area contributed by atoms with E-state index < -0.39 is 20.6 Å². The lowest BCUT2D eigenvalue weighted by Gasteiger charge is -2.45. The molecule has 14 nitrogen and oxygen atoms in total. The van der Waals surface area contributed by atoms with E-state index in [4.69, 9.17) is 17.8 Å². The first-order valence-corrected chi connectivity index (χ1v) is 19.2.